The molecule has 4 nitrogen and oxygen atoms in total. The Hall–Kier alpha value is -0.680. The van der Waals surface area contributed by atoms with Gasteiger partial charge in [0.25, 0.3) is 0 Å². The van der Waals surface area contributed by atoms with Crippen molar-refractivity contribution < 1.29 is 4.74 Å². The Morgan fingerprint density at radius 1 is 1.21 bits per heavy atom. The number of nitrogens with zero attached hydrogens (tertiary/aromatic N) is 2. The van der Waals surface area contributed by atoms with Gasteiger partial charge < -0.3 is 10.1 Å². The summed E-state index contributed by atoms with van der Waals surface area (Å²) < 4.78 is 6.33. The summed E-state index contributed by atoms with van der Waals surface area (Å²) >= 11 is 3.42. The molecule has 0 saturated carbocycles. The lowest BCUT2D eigenvalue weighted by molar-refractivity contribution is 0.0765. The second-order valence-electron chi connectivity index (χ2n) is 5.14. The van der Waals surface area contributed by atoms with Crippen LogP contribution in [0.2, 0.25) is 0 Å². The molecule has 19 heavy (non-hydrogen) atoms. The highest BCUT2D eigenvalue weighted by atomic mass is 79.9. The van der Waals surface area contributed by atoms with Gasteiger partial charge in [0.1, 0.15) is 16.2 Å². The molecular formula is C14H24BrN3O. The molecule has 0 radical (unpaired) electrons. The fraction of sp³-hybridized carbons (Fsp3) is 0.714. The van der Waals surface area contributed by atoms with Gasteiger partial charge >= 0.3 is 0 Å². The molecule has 0 bridgehead atoms. The first-order valence-electron chi connectivity index (χ1n) is 6.89. The summed E-state index contributed by atoms with van der Waals surface area (Å²) in [6.07, 6.45) is 2.46. The van der Waals surface area contributed by atoms with Gasteiger partial charge in [-0.15, -0.1) is 0 Å². The monoisotopic (exact) mass is 329 g/mol. The maximum atomic E-state index is 5.50. The molecular weight excluding hydrogens is 306 g/mol. The Bertz CT molecular complexity index is 383. The first kappa shape index (κ1) is 16.4. The molecule has 1 rings (SSSR count). The van der Waals surface area contributed by atoms with Gasteiger partial charge in [-0.3, -0.25) is 0 Å². The summed E-state index contributed by atoms with van der Waals surface area (Å²) in [5, 5.41) is 3.33. The van der Waals surface area contributed by atoms with Crippen LogP contribution in [0.4, 0.5) is 5.82 Å². The Labute approximate surface area is 124 Å². The number of anilines is 1. The number of nitrogens with one attached hydrogen (secondary N) is 1. The number of rotatable bonds is 8. The quantitative estimate of drug-likeness (QED) is 0.578. The summed E-state index contributed by atoms with van der Waals surface area (Å²) in [5.41, 5.74) is 0. The Morgan fingerprint density at radius 3 is 2.58 bits per heavy atom. The molecule has 5 heteroatoms. The lowest BCUT2D eigenvalue weighted by Gasteiger charge is -2.10. The molecule has 0 saturated heterocycles. The molecule has 0 fully saturated rings. The van der Waals surface area contributed by atoms with Crippen LogP contribution in [0.3, 0.4) is 0 Å². The van der Waals surface area contributed by atoms with Gasteiger partial charge in [-0.2, -0.15) is 0 Å². The van der Waals surface area contributed by atoms with Crippen molar-refractivity contribution in [2.75, 3.05) is 18.5 Å². The molecule has 0 atom stereocenters. The molecule has 108 valence electrons. The van der Waals surface area contributed by atoms with Crippen LogP contribution in [-0.2, 0) is 4.74 Å². The molecule has 0 unspecified atom stereocenters. The Kier molecular flexibility index (Phi) is 7.31. The summed E-state index contributed by atoms with van der Waals surface area (Å²) in [5.74, 6) is 2.08. The van der Waals surface area contributed by atoms with Crippen molar-refractivity contribution in [2.45, 2.75) is 52.6 Å². The van der Waals surface area contributed by atoms with Crippen LogP contribution in [0.5, 0.6) is 0 Å². The van der Waals surface area contributed by atoms with Gasteiger partial charge in [-0.05, 0) is 42.6 Å². The third-order valence-corrected chi connectivity index (χ3v) is 2.96. The molecule has 0 aliphatic heterocycles. The first-order valence-corrected chi connectivity index (χ1v) is 7.68. The van der Waals surface area contributed by atoms with E-state index < -0.39 is 0 Å². The third-order valence-electron chi connectivity index (χ3n) is 2.56. The van der Waals surface area contributed by atoms with Gasteiger partial charge in [0.05, 0.1) is 6.10 Å². The summed E-state index contributed by atoms with van der Waals surface area (Å²) in [6, 6.07) is 1.91. The van der Waals surface area contributed by atoms with Crippen molar-refractivity contribution in [2.24, 2.45) is 0 Å². The first-order chi connectivity index (χ1) is 8.99. The minimum absolute atomic E-state index is 0.319. The maximum absolute atomic E-state index is 5.50. The van der Waals surface area contributed by atoms with E-state index in [1.807, 2.05) is 6.07 Å². The van der Waals surface area contributed by atoms with Gasteiger partial charge in [0.15, 0.2) is 0 Å². The van der Waals surface area contributed by atoms with E-state index in [1.165, 1.54) is 0 Å². The SMILES string of the molecule is CC(C)OCCCCNc1cc(Br)nc(C(C)C)n1. The minimum atomic E-state index is 0.319. The highest BCUT2D eigenvalue weighted by Gasteiger charge is 2.06. The molecule has 1 aromatic rings. The molecule has 1 aromatic heterocycles. The lowest BCUT2D eigenvalue weighted by Crippen LogP contribution is -2.09. The van der Waals surface area contributed by atoms with E-state index in [2.05, 4.69) is 58.9 Å². The normalized spacial score (nSPS) is 11.3. The van der Waals surface area contributed by atoms with Crippen LogP contribution in [0.15, 0.2) is 10.7 Å². The number of halogens is 1. The number of ether oxygens (including phenoxy) is 1. The minimum Gasteiger partial charge on any atom is -0.379 e. The van der Waals surface area contributed by atoms with E-state index in [-0.39, 0.29) is 0 Å². The van der Waals surface area contributed by atoms with Gasteiger partial charge in [0, 0.05) is 25.1 Å². The van der Waals surface area contributed by atoms with E-state index in [1.54, 1.807) is 0 Å². The molecule has 0 amide bonds. The predicted octanol–water partition coefficient (Wildman–Crippen LogP) is 3.98. The largest absolute Gasteiger partial charge is 0.379 e. The van der Waals surface area contributed by atoms with Crippen molar-refractivity contribution in [3.8, 4) is 0 Å². The fourth-order valence-electron chi connectivity index (χ4n) is 1.55. The smallest absolute Gasteiger partial charge is 0.134 e. The summed E-state index contributed by atoms with van der Waals surface area (Å²) in [7, 11) is 0. The highest BCUT2D eigenvalue weighted by Crippen LogP contribution is 2.17. The molecule has 1 heterocycles. The predicted molar refractivity (Wildman–Crippen MR) is 82.6 cm³/mol. The van der Waals surface area contributed by atoms with Crippen molar-refractivity contribution in [3.63, 3.8) is 0 Å². The number of hydrogen-bond donors (Lipinski definition) is 1. The molecule has 0 spiro atoms. The standard InChI is InChI=1S/C14H24BrN3O/c1-10(2)14-17-12(15)9-13(18-14)16-7-5-6-8-19-11(3)4/h9-11H,5-8H2,1-4H3,(H,16,17,18). The van der Waals surface area contributed by atoms with Crippen molar-refractivity contribution in [1.82, 2.24) is 9.97 Å². The third kappa shape index (κ3) is 6.87. The van der Waals surface area contributed by atoms with Crippen molar-refractivity contribution in [3.05, 3.63) is 16.5 Å². The van der Waals surface area contributed by atoms with E-state index >= 15 is 0 Å². The number of unbranched alkanes of at least 4 members (excludes halogenated alkanes) is 1. The van der Waals surface area contributed by atoms with E-state index in [9.17, 15) is 0 Å². The van der Waals surface area contributed by atoms with Gasteiger partial charge in [-0.1, -0.05) is 13.8 Å². The van der Waals surface area contributed by atoms with E-state index in [0.29, 0.717) is 12.0 Å². The van der Waals surface area contributed by atoms with Crippen LogP contribution >= 0.6 is 15.9 Å². The molecule has 0 aliphatic carbocycles. The maximum Gasteiger partial charge on any atom is 0.134 e. The Balaban J connectivity index is 2.33. The zero-order chi connectivity index (χ0) is 14.3. The second-order valence-corrected chi connectivity index (χ2v) is 5.95. The zero-order valence-electron chi connectivity index (χ0n) is 12.2. The van der Waals surface area contributed by atoms with Crippen LogP contribution < -0.4 is 5.32 Å². The van der Waals surface area contributed by atoms with Gasteiger partial charge in [0.2, 0.25) is 0 Å². The van der Waals surface area contributed by atoms with Crippen molar-refractivity contribution in [1.29, 1.82) is 0 Å². The topological polar surface area (TPSA) is 47.0 Å². The van der Waals surface area contributed by atoms with Crippen molar-refractivity contribution >= 4 is 21.7 Å². The highest BCUT2D eigenvalue weighted by molar-refractivity contribution is 9.10. The average Bonchev–Trinajstić information content (AvgIpc) is 2.32. The zero-order valence-corrected chi connectivity index (χ0v) is 13.8. The van der Waals surface area contributed by atoms with E-state index in [4.69, 9.17) is 4.74 Å². The fourth-order valence-corrected chi connectivity index (χ4v) is 1.95. The van der Waals surface area contributed by atoms with E-state index in [0.717, 1.165) is 42.2 Å². The van der Waals surface area contributed by atoms with Crippen LogP contribution in [0.1, 0.15) is 52.3 Å². The summed E-state index contributed by atoms with van der Waals surface area (Å²) in [4.78, 5) is 8.85. The van der Waals surface area contributed by atoms with Crippen LogP contribution in [0, 0.1) is 0 Å². The lowest BCUT2D eigenvalue weighted by atomic mass is 10.2. The van der Waals surface area contributed by atoms with Gasteiger partial charge in [-0.25, -0.2) is 9.97 Å². The average molecular weight is 330 g/mol. The molecule has 0 aromatic carbocycles. The number of hydrogen-bond acceptors (Lipinski definition) is 4. The van der Waals surface area contributed by atoms with Crippen LogP contribution in [-0.4, -0.2) is 29.2 Å². The Morgan fingerprint density at radius 2 is 1.95 bits per heavy atom. The molecule has 1 N–H and O–H groups in total. The second kappa shape index (κ2) is 8.48. The molecule has 0 aliphatic rings. The number of aromatic nitrogens is 2. The van der Waals surface area contributed by atoms with Crippen LogP contribution in [0.25, 0.3) is 0 Å². The summed E-state index contributed by atoms with van der Waals surface area (Å²) in [6.45, 7) is 10.0.